The van der Waals surface area contributed by atoms with Gasteiger partial charge in [-0.25, -0.2) is 8.42 Å². The van der Waals surface area contributed by atoms with Gasteiger partial charge in [0.2, 0.25) is 5.91 Å². The van der Waals surface area contributed by atoms with Crippen molar-refractivity contribution in [3.63, 3.8) is 0 Å². The molecular weight excluding hydrogens is 300 g/mol. The zero-order valence-electron chi connectivity index (χ0n) is 12.5. The number of amides is 1. The molecule has 0 aliphatic heterocycles. The lowest BCUT2D eigenvalue weighted by atomic mass is 9.95. The molecule has 0 aromatic heterocycles. The van der Waals surface area contributed by atoms with Gasteiger partial charge in [-0.2, -0.15) is 0 Å². The topological polar surface area (TPSA) is 89.3 Å². The minimum absolute atomic E-state index is 0. The van der Waals surface area contributed by atoms with Crippen LogP contribution in [0, 0.1) is 11.8 Å². The normalized spacial score (nSPS) is 23.2. The summed E-state index contributed by atoms with van der Waals surface area (Å²) >= 11 is 0. The maximum atomic E-state index is 12.0. The smallest absolute Gasteiger partial charge is 0.223 e. The SMILES string of the molecule is CC(C)(C)S(=O)(=O)CCNC(=O)[C@@H]1CCC[C@@H]1CN.Cl. The van der Waals surface area contributed by atoms with E-state index in [0.29, 0.717) is 6.54 Å². The van der Waals surface area contributed by atoms with E-state index in [1.807, 2.05) is 0 Å². The van der Waals surface area contributed by atoms with E-state index in [0.717, 1.165) is 19.3 Å². The van der Waals surface area contributed by atoms with E-state index in [2.05, 4.69) is 5.32 Å². The van der Waals surface area contributed by atoms with Crippen LogP contribution in [-0.2, 0) is 14.6 Å². The second kappa shape index (κ2) is 7.61. The van der Waals surface area contributed by atoms with Crippen molar-refractivity contribution < 1.29 is 13.2 Å². The molecule has 7 heteroatoms. The fraction of sp³-hybridized carbons (Fsp3) is 0.923. The van der Waals surface area contributed by atoms with Crippen molar-refractivity contribution in [3.8, 4) is 0 Å². The van der Waals surface area contributed by atoms with E-state index >= 15 is 0 Å². The molecular formula is C13H27ClN2O3S. The molecule has 120 valence electrons. The molecule has 0 bridgehead atoms. The van der Waals surface area contributed by atoms with Crippen LogP contribution in [0.5, 0.6) is 0 Å². The molecule has 0 unspecified atom stereocenters. The second-order valence-corrected chi connectivity index (χ2v) is 9.12. The van der Waals surface area contributed by atoms with Gasteiger partial charge in [0.1, 0.15) is 0 Å². The molecule has 1 saturated carbocycles. The summed E-state index contributed by atoms with van der Waals surface area (Å²) in [6.07, 6.45) is 2.88. The molecule has 5 nitrogen and oxygen atoms in total. The fourth-order valence-corrected chi connectivity index (χ4v) is 3.39. The van der Waals surface area contributed by atoms with Gasteiger partial charge in [0.05, 0.1) is 10.5 Å². The van der Waals surface area contributed by atoms with Crippen LogP contribution in [-0.4, -0.2) is 37.9 Å². The van der Waals surface area contributed by atoms with Crippen molar-refractivity contribution in [2.45, 2.75) is 44.8 Å². The number of carbonyl (C=O) groups is 1. The summed E-state index contributed by atoms with van der Waals surface area (Å²) in [4.78, 5) is 12.0. The van der Waals surface area contributed by atoms with Gasteiger partial charge in [0, 0.05) is 12.5 Å². The molecule has 1 aliphatic carbocycles. The van der Waals surface area contributed by atoms with E-state index < -0.39 is 14.6 Å². The Labute approximate surface area is 128 Å². The zero-order chi connectivity index (χ0) is 14.7. The highest BCUT2D eigenvalue weighted by Gasteiger charge is 2.32. The van der Waals surface area contributed by atoms with Crippen molar-refractivity contribution in [1.82, 2.24) is 5.32 Å². The van der Waals surface area contributed by atoms with Crippen molar-refractivity contribution in [2.75, 3.05) is 18.8 Å². The third-order valence-corrected chi connectivity index (χ3v) is 6.51. The Morgan fingerprint density at radius 2 is 1.90 bits per heavy atom. The number of hydrogen-bond acceptors (Lipinski definition) is 4. The minimum Gasteiger partial charge on any atom is -0.355 e. The number of rotatable bonds is 5. The average Bonchev–Trinajstić information content (AvgIpc) is 2.74. The van der Waals surface area contributed by atoms with Crippen LogP contribution < -0.4 is 11.1 Å². The zero-order valence-corrected chi connectivity index (χ0v) is 14.1. The molecule has 2 atom stereocenters. The quantitative estimate of drug-likeness (QED) is 0.792. The number of nitrogens with one attached hydrogen (secondary N) is 1. The van der Waals surface area contributed by atoms with Gasteiger partial charge in [-0.1, -0.05) is 6.42 Å². The Balaban J connectivity index is 0.00000361. The van der Waals surface area contributed by atoms with E-state index in [1.54, 1.807) is 20.8 Å². The van der Waals surface area contributed by atoms with Gasteiger partial charge in [-0.15, -0.1) is 12.4 Å². The van der Waals surface area contributed by atoms with Gasteiger partial charge in [0.15, 0.2) is 9.84 Å². The molecule has 0 radical (unpaired) electrons. The minimum atomic E-state index is -3.18. The Kier molecular flexibility index (Phi) is 7.49. The summed E-state index contributed by atoms with van der Waals surface area (Å²) in [6, 6.07) is 0. The van der Waals surface area contributed by atoms with Crippen LogP contribution in [0.4, 0.5) is 0 Å². The molecule has 1 aliphatic rings. The third-order valence-electron chi connectivity index (χ3n) is 3.90. The van der Waals surface area contributed by atoms with Crippen LogP contribution in [0.2, 0.25) is 0 Å². The van der Waals surface area contributed by atoms with Crippen LogP contribution in [0.25, 0.3) is 0 Å². The molecule has 0 heterocycles. The van der Waals surface area contributed by atoms with Crippen molar-refractivity contribution >= 4 is 28.2 Å². The highest BCUT2D eigenvalue weighted by molar-refractivity contribution is 7.92. The summed E-state index contributed by atoms with van der Waals surface area (Å²) in [5, 5.41) is 2.74. The van der Waals surface area contributed by atoms with Crippen LogP contribution in [0.3, 0.4) is 0 Å². The number of nitrogens with two attached hydrogens (primary N) is 1. The molecule has 20 heavy (non-hydrogen) atoms. The number of sulfone groups is 1. The number of carbonyl (C=O) groups excluding carboxylic acids is 1. The van der Waals surface area contributed by atoms with E-state index in [4.69, 9.17) is 5.73 Å². The Morgan fingerprint density at radius 3 is 2.40 bits per heavy atom. The van der Waals surface area contributed by atoms with Crippen LogP contribution in [0.15, 0.2) is 0 Å². The first-order valence-electron chi connectivity index (χ1n) is 6.89. The van der Waals surface area contributed by atoms with Gasteiger partial charge < -0.3 is 11.1 Å². The Hall–Kier alpha value is -0.330. The predicted molar refractivity (Wildman–Crippen MR) is 83.7 cm³/mol. The Bertz CT molecular complexity index is 418. The summed E-state index contributed by atoms with van der Waals surface area (Å²) in [5.41, 5.74) is 5.64. The van der Waals surface area contributed by atoms with E-state index in [1.165, 1.54) is 0 Å². The standard InChI is InChI=1S/C13H26N2O3S.ClH/c1-13(2,3)19(17,18)8-7-15-12(16)11-6-4-5-10(11)9-14;/h10-11H,4-9,14H2,1-3H3,(H,15,16);1H/t10-,11-;/m1./s1. The summed E-state index contributed by atoms with van der Waals surface area (Å²) in [7, 11) is -3.18. The lowest BCUT2D eigenvalue weighted by Gasteiger charge is -2.20. The summed E-state index contributed by atoms with van der Waals surface area (Å²) < 4.78 is 23.0. The molecule has 3 N–H and O–H groups in total. The molecule has 0 spiro atoms. The largest absolute Gasteiger partial charge is 0.355 e. The van der Waals surface area contributed by atoms with Gasteiger partial charge in [0.25, 0.3) is 0 Å². The van der Waals surface area contributed by atoms with Crippen molar-refractivity contribution in [3.05, 3.63) is 0 Å². The highest BCUT2D eigenvalue weighted by atomic mass is 35.5. The van der Waals surface area contributed by atoms with Crippen molar-refractivity contribution in [1.29, 1.82) is 0 Å². The average molecular weight is 327 g/mol. The molecule has 0 aromatic rings. The maximum Gasteiger partial charge on any atom is 0.223 e. The van der Waals surface area contributed by atoms with E-state index in [-0.39, 0.29) is 42.4 Å². The van der Waals surface area contributed by atoms with E-state index in [9.17, 15) is 13.2 Å². The van der Waals surface area contributed by atoms with Gasteiger partial charge in [-0.3, -0.25) is 4.79 Å². The monoisotopic (exact) mass is 326 g/mol. The van der Waals surface area contributed by atoms with Crippen molar-refractivity contribution in [2.24, 2.45) is 17.6 Å². The van der Waals surface area contributed by atoms with Gasteiger partial charge >= 0.3 is 0 Å². The van der Waals surface area contributed by atoms with Crippen LogP contribution >= 0.6 is 12.4 Å². The number of halogens is 1. The molecule has 0 aromatic carbocycles. The van der Waals surface area contributed by atoms with Crippen LogP contribution in [0.1, 0.15) is 40.0 Å². The predicted octanol–water partition coefficient (Wildman–Crippen LogP) is 1.11. The highest BCUT2D eigenvalue weighted by Crippen LogP contribution is 2.30. The maximum absolute atomic E-state index is 12.0. The molecule has 1 fully saturated rings. The first-order valence-corrected chi connectivity index (χ1v) is 8.54. The molecule has 1 rings (SSSR count). The lowest BCUT2D eigenvalue weighted by molar-refractivity contribution is -0.125. The first-order chi connectivity index (χ1) is 8.69. The third kappa shape index (κ3) is 4.90. The number of hydrogen-bond donors (Lipinski definition) is 2. The molecule has 1 amide bonds. The molecule has 0 saturated heterocycles. The second-order valence-electron chi connectivity index (χ2n) is 6.26. The summed E-state index contributed by atoms with van der Waals surface area (Å²) in [6.45, 7) is 5.73. The summed E-state index contributed by atoms with van der Waals surface area (Å²) in [5.74, 6) is 0.154. The lowest BCUT2D eigenvalue weighted by Crippen LogP contribution is -2.40. The first kappa shape index (κ1) is 19.7. The Morgan fingerprint density at radius 1 is 1.30 bits per heavy atom. The van der Waals surface area contributed by atoms with Gasteiger partial charge in [-0.05, 0) is 46.1 Å². The fourth-order valence-electron chi connectivity index (χ4n) is 2.41.